The van der Waals surface area contributed by atoms with E-state index in [4.69, 9.17) is 5.73 Å². The van der Waals surface area contributed by atoms with Gasteiger partial charge in [-0.05, 0) is 42.5 Å². The van der Waals surface area contributed by atoms with Crippen molar-refractivity contribution in [2.24, 2.45) is 16.6 Å². The molecule has 2 aromatic rings. The van der Waals surface area contributed by atoms with Crippen molar-refractivity contribution in [1.29, 1.82) is 0 Å². The first-order valence-electron chi connectivity index (χ1n) is 10.3. The largest absolute Gasteiger partial charge is 0.369 e. The van der Waals surface area contributed by atoms with E-state index in [9.17, 15) is 9.59 Å². The minimum atomic E-state index is -0.479. The average molecular weight is 407 g/mol. The number of benzene rings is 2. The highest BCUT2D eigenvalue weighted by Crippen LogP contribution is 2.30. The first-order chi connectivity index (χ1) is 14.2. The molecule has 158 valence electrons. The van der Waals surface area contributed by atoms with Gasteiger partial charge in [0.15, 0.2) is 5.96 Å². The summed E-state index contributed by atoms with van der Waals surface area (Å²) in [6.07, 6.45) is 0.321. The van der Waals surface area contributed by atoms with Crippen molar-refractivity contribution in [2.45, 2.75) is 52.7 Å². The monoisotopic (exact) mass is 406 g/mol. The fraction of sp³-hybridized carbons (Fsp3) is 0.375. The van der Waals surface area contributed by atoms with Crippen molar-refractivity contribution in [3.8, 4) is 0 Å². The minimum absolute atomic E-state index is 0.0469. The molecule has 0 saturated heterocycles. The van der Waals surface area contributed by atoms with E-state index in [-0.39, 0.29) is 23.7 Å². The molecule has 0 saturated carbocycles. The second-order valence-electron chi connectivity index (χ2n) is 8.46. The first-order valence-corrected chi connectivity index (χ1v) is 10.3. The van der Waals surface area contributed by atoms with E-state index in [2.05, 4.69) is 10.3 Å². The van der Waals surface area contributed by atoms with Gasteiger partial charge in [0.2, 0.25) is 5.91 Å². The predicted molar refractivity (Wildman–Crippen MR) is 119 cm³/mol. The molecule has 0 aromatic heterocycles. The summed E-state index contributed by atoms with van der Waals surface area (Å²) in [6, 6.07) is 15.4. The number of carbonyl (C=O) groups excluding carboxylic acids is 2. The van der Waals surface area contributed by atoms with E-state index in [1.165, 1.54) is 4.90 Å². The van der Waals surface area contributed by atoms with Crippen LogP contribution in [-0.4, -0.2) is 28.2 Å². The van der Waals surface area contributed by atoms with Gasteiger partial charge in [0, 0.05) is 12.1 Å². The van der Waals surface area contributed by atoms with Crippen molar-refractivity contribution in [2.75, 3.05) is 0 Å². The van der Waals surface area contributed by atoms with Crippen LogP contribution >= 0.6 is 0 Å². The van der Waals surface area contributed by atoms with Gasteiger partial charge in [0.1, 0.15) is 0 Å². The van der Waals surface area contributed by atoms with Gasteiger partial charge in [-0.15, -0.1) is 0 Å². The highest BCUT2D eigenvalue weighted by Gasteiger charge is 2.38. The zero-order chi connectivity index (χ0) is 21.9. The van der Waals surface area contributed by atoms with Crippen molar-refractivity contribution < 1.29 is 9.59 Å². The van der Waals surface area contributed by atoms with Crippen molar-refractivity contribution in [3.63, 3.8) is 0 Å². The molecule has 0 unspecified atom stereocenters. The van der Waals surface area contributed by atoms with Gasteiger partial charge in [-0.3, -0.25) is 14.5 Å². The van der Waals surface area contributed by atoms with Crippen LogP contribution in [0.25, 0.3) is 0 Å². The summed E-state index contributed by atoms with van der Waals surface area (Å²) in [5, 5.41) is 2.96. The summed E-state index contributed by atoms with van der Waals surface area (Å²) in [7, 11) is 0. The van der Waals surface area contributed by atoms with Gasteiger partial charge in [0.05, 0.1) is 18.5 Å². The fourth-order valence-electron chi connectivity index (χ4n) is 3.46. The van der Waals surface area contributed by atoms with Crippen molar-refractivity contribution in [1.82, 2.24) is 10.2 Å². The van der Waals surface area contributed by atoms with E-state index in [1.807, 2.05) is 76.2 Å². The molecule has 30 heavy (non-hydrogen) atoms. The Hall–Kier alpha value is -3.15. The number of guanidine groups is 1. The molecule has 1 aliphatic heterocycles. The lowest BCUT2D eigenvalue weighted by Crippen LogP contribution is -2.51. The third-order valence-corrected chi connectivity index (χ3v) is 5.88. The number of nitrogens with zero attached hydrogens (tertiary/aromatic N) is 2. The maximum Gasteiger partial charge on any atom is 0.251 e. The molecular weight excluding hydrogens is 376 g/mol. The van der Waals surface area contributed by atoms with Gasteiger partial charge < -0.3 is 11.1 Å². The Kier molecular flexibility index (Phi) is 6.25. The lowest BCUT2D eigenvalue weighted by Gasteiger charge is -2.37. The van der Waals surface area contributed by atoms with Gasteiger partial charge in [-0.2, -0.15) is 0 Å². The molecule has 1 aliphatic rings. The summed E-state index contributed by atoms with van der Waals surface area (Å²) in [5.74, 6) is 0.256. The number of aryl methyl sites for hydroxylation is 1. The molecule has 0 fully saturated rings. The normalized spacial score (nSPS) is 19.0. The van der Waals surface area contributed by atoms with E-state index in [0.717, 1.165) is 16.7 Å². The summed E-state index contributed by atoms with van der Waals surface area (Å²) in [5.41, 5.74) is 9.01. The Morgan fingerprint density at radius 2 is 1.90 bits per heavy atom. The van der Waals surface area contributed by atoms with Crippen LogP contribution in [0.3, 0.4) is 0 Å². The Balaban J connectivity index is 1.75. The summed E-state index contributed by atoms with van der Waals surface area (Å²) >= 11 is 0. The van der Waals surface area contributed by atoms with Crippen molar-refractivity contribution in [3.05, 3.63) is 70.8 Å². The molecule has 0 spiro atoms. The Morgan fingerprint density at radius 1 is 1.20 bits per heavy atom. The maximum absolute atomic E-state index is 12.8. The van der Waals surface area contributed by atoms with Gasteiger partial charge in [-0.1, -0.05) is 56.3 Å². The average Bonchev–Trinajstić information content (AvgIpc) is 2.70. The zero-order valence-corrected chi connectivity index (χ0v) is 18.1. The van der Waals surface area contributed by atoms with E-state index in [0.29, 0.717) is 25.1 Å². The third-order valence-electron chi connectivity index (χ3n) is 5.88. The molecule has 0 bridgehead atoms. The summed E-state index contributed by atoms with van der Waals surface area (Å²) in [6.45, 7) is 8.70. The number of amides is 2. The lowest BCUT2D eigenvalue weighted by atomic mass is 9.84. The van der Waals surface area contributed by atoms with Crippen LogP contribution in [0.5, 0.6) is 0 Å². The van der Waals surface area contributed by atoms with Crippen molar-refractivity contribution >= 4 is 17.8 Å². The van der Waals surface area contributed by atoms with Gasteiger partial charge in [-0.25, -0.2) is 4.99 Å². The second kappa shape index (κ2) is 8.69. The SMILES string of the molecule is Cc1ccc(CN2C(=O)C[C@@](C)(C(C)C)N=C2N)cc1C(=O)NCc1ccccc1. The third kappa shape index (κ3) is 4.70. The predicted octanol–water partition coefficient (Wildman–Crippen LogP) is 3.39. The molecule has 1 atom stereocenters. The molecule has 3 N–H and O–H groups in total. The Bertz CT molecular complexity index is 968. The number of nitrogens with two attached hydrogens (primary N) is 1. The quantitative estimate of drug-likeness (QED) is 0.771. The number of carbonyl (C=O) groups is 2. The summed E-state index contributed by atoms with van der Waals surface area (Å²) in [4.78, 5) is 31.6. The molecular formula is C24H30N4O2. The number of nitrogens with one attached hydrogen (secondary N) is 1. The maximum atomic E-state index is 12.8. The highest BCUT2D eigenvalue weighted by molar-refractivity contribution is 5.99. The standard InChI is InChI=1S/C24H30N4O2/c1-16(2)24(4)13-21(29)28(23(25)27-24)15-19-11-10-17(3)20(12-19)22(30)26-14-18-8-6-5-7-9-18/h5-12,16H,13-15H2,1-4H3,(H2,25,27)(H,26,30)/t24-/m0/s1. The molecule has 1 heterocycles. The molecule has 0 radical (unpaired) electrons. The van der Waals surface area contributed by atoms with Crippen LogP contribution in [-0.2, 0) is 17.9 Å². The minimum Gasteiger partial charge on any atom is -0.369 e. The number of hydrogen-bond donors (Lipinski definition) is 2. The number of rotatable bonds is 6. The molecule has 3 rings (SSSR count). The van der Waals surface area contributed by atoms with E-state index in [1.54, 1.807) is 0 Å². The van der Waals surface area contributed by atoms with Crippen LogP contribution in [0, 0.1) is 12.8 Å². The molecule has 2 amide bonds. The van der Waals surface area contributed by atoms with Crippen LogP contribution in [0.15, 0.2) is 53.5 Å². The molecule has 2 aromatic carbocycles. The summed E-state index contributed by atoms with van der Waals surface area (Å²) < 4.78 is 0. The fourth-order valence-corrected chi connectivity index (χ4v) is 3.46. The molecule has 0 aliphatic carbocycles. The number of hydrogen-bond acceptors (Lipinski definition) is 4. The highest BCUT2D eigenvalue weighted by atomic mass is 16.2. The first kappa shape index (κ1) is 21.6. The Labute approximate surface area is 178 Å². The van der Waals surface area contributed by atoms with Crippen LogP contribution < -0.4 is 11.1 Å². The zero-order valence-electron chi connectivity index (χ0n) is 18.1. The topological polar surface area (TPSA) is 87.8 Å². The number of aliphatic imine (C=N–C) groups is 1. The van der Waals surface area contributed by atoms with Crippen LogP contribution in [0.1, 0.15) is 54.2 Å². The molecule has 6 nitrogen and oxygen atoms in total. The van der Waals surface area contributed by atoms with Crippen LogP contribution in [0.2, 0.25) is 0 Å². The Morgan fingerprint density at radius 3 is 2.53 bits per heavy atom. The molecule has 6 heteroatoms. The van der Waals surface area contributed by atoms with Gasteiger partial charge in [0.25, 0.3) is 5.91 Å². The van der Waals surface area contributed by atoms with E-state index < -0.39 is 5.54 Å². The lowest BCUT2D eigenvalue weighted by molar-refractivity contribution is -0.130. The van der Waals surface area contributed by atoms with Crippen LogP contribution in [0.4, 0.5) is 0 Å². The smallest absolute Gasteiger partial charge is 0.251 e. The second-order valence-corrected chi connectivity index (χ2v) is 8.46. The van der Waals surface area contributed by atoms with Gasteiger partial charge >= 0.3 is 0 Å². The van der Waals surface area contributed by atoms with E-state index >= 15 is 0 Å².